The molecule has 1 saturated heterocycles. The average Bonchev–Trinajstić information content (AvgIpc) is 3.23. The lowest BCUT2D eigenvalue weighted by atomic mass is 10.0. The fourth-order valence-corrected chi connectivity index (χ4v) is 3.70. The van der Waals surface area contributed by atoms with Crippen LogP contribution >= 0.6 is 0 Å². The van der Waals surface area contributed by atoms with E-state index >= 15 is 0 Å². The van der Waals surface area contributed by atoms with Crippen LogP contribution in [0.25, 0.3) is 5.70 Å². The van der Waals surface area contributed by atoms with Gasteiger partial charge in [0.25, 0.3) is 0 Å². The van der Waals surface area contributed by atoms with Crippen LogP contribution in [0, 0.1) is 11.2 Å². The number of rotatable bonds is 5. The van der Waals surface area contributed by atoms with Crippen LogP contribution in [0.3, 0.4) is 0 Å². The minimum atomic E-state index is -0.238. The molecule has 8 heteroatoms. The number of anilines is 2. The van der Waals surface area contributed by atoms with Crippen molar-refractivity contribution >= 4 is 17.5 Å². The van der Waals surface area contributed by atoms with Crippen LogP contribution in [0.15, 0.2) is 55.4 Å². The summed E-state index contributed by atoms with van der Waals surface area (Å²) in [6, 6.07) is 10.3. The summed E-state index contributed by atoms with van der Waals surface area (Å²) in [5.41, 5.74) is 2.35. The second-order valence-corrected chi connectivity index (χ2v) is 7.51. The molecule has 3 heterocycles. The Morgan fingerprint density at radius 3 is 2.67 bits per heavy atom. The molecule has 4 rings (SSSR count). The van der Waals surface area contributed by atoms with Crippen molar-refractivity contribution in [3.05, 3.63) is 77.8 Å². The Kier molecular flexibility index (Phi) is 5.31. The van der Waals surface area contributed by atoms with E-state index in [-0.39, 0.29) is 17.3 Å². The lowest BCUT2D eigenvalue weighted by Gasteiger charge is -2.26. The molecule has 1 aliphatic rings. The van der Waals surface area contributed by atoms with Gasteiger partial charge in [-0.3, -0.25) is 5.41 Å². The topological polar surface area (TPSA) is 73.9 Å². The molecule has 1 N–H and O–H groups in total. The predicted octanol–water partition coefficient (Wildman–Crippen LogP) is 3.22. The molecule has 3 aromatic rings. The summed E-state index contributed by atoms with van der Waals surface area (Å²) < 4.78 is 15.2. The fourth-order valence-electron chi connectivity index (χ4n) is 3.70. The van der Waals surface area contributed by atoms with E-state index in [1.54, 1.807) is 30.6 Å². The van der Waals surface area contributed by atoms with Crippen molar-refractivity contribution < 1.29 is 4.39 Å². The van der Waals surface area contributed by atoms with Gasteiger partial charge in [-0.15, -0.1) is 5.10 Å². The number of nitrogens with zero attached hydrogens (tertiary/aromatic N) is 6. The number of hydrogen-bond donors (Lipinski definition) is 1. The van der Waals surface area contributed by atoms with Gasteiger partial charge in [0.15, 0.2) is 0 Å². The van der Waals surface area contributed by atoms with Gasteiger partial charge in [-0.25, -0.2) is 19.0 Å². The Morgan fingerprint density at radius 2 is 1.97 bits per heavy atom. The zero-order valence-electron chi connectivity index (χ0n) is 17.1. The molecule has 1 aromatic carbocycles. The number of nitrogens with one attached hydrogen (secondary N) is 1. The molecule has 2 aromatic heterocycles. The van der Waals surface area contributed by atoms with Gasteiger partial charge in [-0.1, -0.05) is 18.7 Å². The van der Waals surface area contributed by atoms with Gasteiger partial charge in [0.1, 0.15) is 17.1 Å². The van der Waals surface area contributed by atoms with Crippen LogP contribution in [-0.2, 0) is 0 Å². The van der Waals surface area contributed by atoms with Gasteiger partial charge in [0.05, 0.1) is 11.7 Å². The van der Waals surface area contributed by atoms with Crippen LogP contribution < -0.4 is 15.3 Å². The largest absolute Gasteiger partial charge is 0.348 e. The van der Waals surface area contributed by atoms with Crippen molar-refractivity contribution in [3.8, 4) is 0 Å². The third-order valence-corrected chi connectivity index (χ3v) is 5.23. The second kappa shape index (κ2) is 8.06. The smallest absolute Gasteiger partial charge is 0.224 e. The number of aromatic nitrogens is 4. The third-order valence-electron chi connectivity index (χ3n) is 5.23. The summed E-state index contributed by atoms with van der Waals surface area (Å²) >= 11 is 0. The highest BCUT2D eigenvalue weighted by Gasteiger charge is 2.28. The Hall–Kier alpha value is -3.55. The van der Waals surface area contributed by atoms with Gasteiger partial charge in [-0.05, 0) is 42.7 Å². The van der Waals surface area contributed by atoms with E-state index in [0.29, 0.717) is 17.2 Å². The highest BCUT2D eigenvalue weighted by atomic mass is 19.1. The van der Waals surface area contributed by atoms with Gasteiger partial charge < -0.3 is 9.80 Å². The Bertz CT molecular complexity index is 1120. The van der Waals surface area contributed by atoms with Gasteiger partial charge in [0.2, 0.25) is 5.95 Å². The first-order chi connectivity index (χ1) is 14.4. The minimum absolute atomic E-state index is 0.0502. The van der Waals surface area contributed by atoms with E-state index in [0.717, 1.165) is 30.8 Å². The van der Waals surface area contributed by atoms with Gasteiger partial charge in [-0.2, -0.15) is 0 Å². The zero-order chi connectivity index (χ0) is 21.3. The standard InChI is InChI=1S/C22H24FN7/c1-15(17-13-25-22(26-14-17)28(2)3)30-20(24)9-10-21(27-30)29-11-5-8-19(29)16-6-4-7-18(23)12-16/h4,6-7,9-10,12-14,19,24H,1,5,8,11H2,2-3H3. The molecule has 1 aliphatic heterocycles. The molecule has 154 valence electrons. The van der Waals surface area contributed by atoms with E-state index in [2.05, 4.69) is 26.5 Å². The molecular weight excluding hydrogens is 381 g/mol. The quantitative estimate of drug-likeness (QED) is 0.706. The third kappa shape index (κ3) is 3.80. The van der Waals surface area contributed by atoms with Crippen LogP contribution in [-0.4, -0.2) is 40.4 Å². The van der Waals surface area contributed by atoms with Crippen molar-refractivity contribution in [2.75, 3.05) is 30.4 Å². The molecule has 0 aliphatic carbocycles. The highest BCUT2D eigenvalue weighted by molar-refractivity contribution is 5.62. The Labute approximate surface area is 174 Å². The van der Waals surface area contributed by atoms with Crippen molar-refractivity contribution in [3.63, 3.8) is 0 Å². The van der Waals surface area contributed by atoms with Gasteiger partial charge >= 0.3 is 0 Å². The first-order valence-corrected chi connectivity index (χ1v) is 9.80. The monoisotopic (exact) mass is 405 g/mol. The lowest BCUT2D eigenvalue weighted by Crippen LogP contribution is -2.29. The van der Waals surface area contributed by atoms with Crippen LogP contribution in [0.2, 0.25) is 0 Å². The molecule has 0 bridgehead atoms. The number of benzene rings is 1. The molecule has 0 radical (unpaired) electrons. The predicted molar refractivity (Wildman–Crippen MR) is 115 cm³/mol. The normalized spacial score (nSPS) is 16.0. The second-order valence-electron chi connectivity index (χ2n) is 7.51. The van der Waals surface area contributed by atoms with E-state index in [1.807, 2.05) is 31.1 Å². The number of hydrogen-bond acceptors (Lipinski definition) is 6. The summed E-state index contributed by atoms with van der Waals surface area (Å²) in [6.07, 6.45) is 5.27. The molecular formula is C22H24FN7. The summed E-state index contributed by atoms with van der Waals surface area (Å²) in [5, 5.41) is 13.0. The van der Waals surface area contributed by atoms with E-state index < -0.39 is 0 Å². The van der Waals surface area contributed by atoms with E-state index in [1.165, 1.54) is 10.7 Å². The highest BCUT2D eigenvalue weighted by Crippen LogP contribution is 2.35. The number of halogens is 1. The summed E-state index contributed by atoms with van der Waals surface area (Å²) in [4.78, 5) is 12.6. The van der Waals surface area contributed by atoms with Crippen molar-refractivity contribution in [2.45, 2.75) is 18.9 Å². The molecule has 1 fully saturated rings. The van der Waals surface area contributed by atoms with Gasteiger partial charge in [0, 0.05) is 38.6 Å². The maximum absolute atomic E-state index is 13.7. The van der Waals surface area contributed by atoms with Crippen LogP contribution in [0.5, 0.6) is 0 Å². The average molecular weight is 405 g/mol. The summed E-state index contributed by atoms with van der Waals surface area (Å²) in [7, 11) is 3.74. The van der Waals surface area contributed by atoms with Crippen molar-refractivity contribution in [1.82, 2.24) is 19.7 Å². The molecule has 1 unspecified atom stereocenters. The first-order valence-electron chi connectivity index (χ1n) is 9.80. The maximum atomic E-state index is 13.7. The molecule has 0 saturated carbocycles. The fraction of sp³-hybridized carbons (Fsp3) is 0.273. The van der Waals surface area contributed by atoms with E-state index in [9.17, 15) is 4.39 Å². The molecule has 0 amide bonds. The SMILES string of the molecule is C=C(c1cnc(N(C)C)nc1)n1nc(N2CCCC2c2cccc(F)c2)ccc1=N. The van der Waals surface area contributed by atoms with Crippen molar-refractivity contribution in [1.29, 1.82) is 5.41 Å². The molecule has 1 atom stereocenters. The zero-order valence-corrected chi connectivity index (χ0v) is 17.1. The Balaban J connectivity index is 1.66. The first kappa shape index (κ1) is 19.8. The van der Waals surface area contributed by atoms with Crippen LogP contribution in [0.4, 0.5) is 16.2 Å². The molecule has 30 heavy (non-hydrogen) atoms. The molecule has 7 nitrogen and oxygen atoms in total. The molecule has 0 spiro atoms. The maximum Gasteiger partial charge on any atom is 0.224 e. The minimum Gasteiger partial charge on any atom is -0.348 e. The summed E-state index contributed by atoms with van der Waals surface area (Å²) in [6.45, 7) is 4.92. The summed E-state index contributed by atoms with van der Waals surface area (Å²) in [5.74, 6) is 1.09. The lowest BCUT2D eigenvalue weighted by molar-refractivity contribution is 0.617. The van der Waals surface area contributed by atoms with Crippen molar-refractivity contribution in [2.24, 2.45) is 0 Å². The van der Waals surface area contributed by atoms with E-state index in [4.69, 9.17) is 5.41 Å². The van der Waals surface area contributed by atoms with Crippen LogP contribution in [0.1, 0.15) is 30.0 Å². The Morgan fingerprint density at radius 1 is 1.20 bits per heavy atom.